The van der Waals surface area contributed by atoms with Crippen molar-refractivity contribution in [2.75, 3.05) is 14.2 Å². The number of oxazole rings is 1. The lowest BCUT2D eigenvalue weighted by molar-refractivity contribution is 0.0596. The summed E-state index contributed by atoms with van der Waals surface area (Å²) in [4.78, 5) is 17.7. The van der Waals surface area contributed by atoms with Gasteiger partial charge in [-0.15, -0.1) is 11.8 Å². The molecule has 0 N–H and O–H groups in total. The first-order valence-electron chi connectivity index (χ1n) is 7.59. The summed E-state index contributed by atoms with van der Waals surface area (Å²) in [5.41, 5.74) is 2.54. The lowest BCUT2D eigenvalue weighted by Crippen LogP contribution is -2.09. The Morgan fingerprint density at radius 3 is 2.60 bits per heavy atom. The molecule has 1 aromatic heterocycles. The Hall–Kier alpha value is -2.73. The van der Waals surface area contributed by atoms with Gasteiger partial charge in [-0.1, -0.05) is 24.3 Å². The van der Waals surface area contributed by atoms with Crippen LogP contribution in [-0.4, -0.2) is 25.2 Å². The molecule has 5 nitrogen and oxygen atoms in total. The van der Waals surface area contributed by atoms with Crippen LogP contribution >= 0.6 is 11.8 Å². The molecule has 0 saturated heterocycles. The topological polar surface area (TPSA) is 61.6 Å². The van der Waals surface area contributed by atoms with Crippen molar-refractivity contribution in [2.24, 2.45) is 0 Å². The Morgan fingerprint density at radius 1 is 1.16 bits per heavy atom. The van der Waals surface area contributed by atoms with Gasteiger partial charge in [-0.05, 0) is 23.8 Å². The van der Waals surface area contributed by atoms with Crippen molar-refractivity contribution in [3.05, 3.63) is 66.2 Å². The predicted octanol–water partition coefficient (Wildman–Crippen LogP) is 4.43. The fraction of sp³-hybridized carbons (Fsp3) is 0.158. The van der Waals surface area contributed by atoms with Gasteiger partial charge < -0.3 is 13.9 Å². The smallest absolute Gasteiger partial charge is 0.341 e. The summed E-state index contributed by atoms with van der Waals surface area (Å²) in [5, 5.41) is 0. The van der Waals surface area contributed by atoms with E-state index in [1.807, 2.05) is 42.5 Å². The first kappa shape index (κ1) is 17.1. The summed E-state index contributed by atoms with van der Waals surface area (Å²) in [5.74, 6) is 0.613. The van der Waals surface area contributed by atoms with Crippen LogP contribution in [0.3, 0.4) is 0 Å². The van der Waals surface area contributed by atoms with E-state index >= 15 is 0 Å². The minimum atomic E-state index is -0.439. The van der Waals surface area contributed by atoms with E-state index < -0.39 is 5.97 Å². The Labute approximate surface area is 150 Å². The summed E-state index contributed by atoms with van der Waals surface area (Å²) in [6.45, 7) is 0. The van der Waals surface area contributed by atoms with Gasteiger partial charge in [0.05, 0.1) is 14.2 Å². The van der Waals surface area contributed by atoms with Gasteiger partial charge in [0.2, 0.25) is 0 Å². The summed E-state index contributed by atoms with van der Waals surface area (Å²) < 4.78 is 15.5. The second kappa shape index (κ2) is 7.90. The molecule has 0 radical (unpaired) electrons. The van der Waals surface area contributed by atoms with E-state index in [4.69, 9.17) is 13.9 Å². The molecule has 128 valence electrons. The van der Waals surface area contributed by atoms with Crippen LogP contribution in [-0.2, 0) is 10.5 Å². The van der Waals surface area contributed by atoms with E-state index in [1.165, 1.54) is 26.9 Å². The third-order valence-electron chi connectivity index (χ3n) is 3.68. The van der Waals surface area contributed by atoms with Crippen LogP contribution in [0, 0.1) is 0 Å². The molecule has 6 heteroatoms. The highest BCUT2D eigenvalue weighted by molar-refractivity contribution is 7.98. The Morgan fingerprint density at radius 2 is 1.96 bits per heavy atom. The molecule has 1 heterocycles. The fourth-order valence-electron chi connectivity index (χ4n) is 2.51. The number of ether oxygens (including phenoxy) is 2. The van der Waals surface area contributed by atoms with E-state index in [2.05, 4.69) is 4.98 Å². The lowest BCUT2D eigenvalue weighted by atomic mass is 10.0. The maximum Gasteiger partial charge on any atom is 0.341 e. The molecule has 0 bridgehead atoms. The highest BCUT2D eigenvalue weighted by Crippen LogP contribution is 2.37. The first-order chi connectivity index (χ1) is 12.2. The first-order valence-corrected chi connectivity index (χ1v) is 8.57. The molecule has 0 amide bonds. The highest BCUT2D eigenvalue weighted by atomic mass is 32.2. The molecule has 0 unspecified atom stereocenters. The van der Waals surface area contributed by atoms with Crippen molar-refractivity contribution in [3.8, 4) is 17.0 Å². The van der Waals surface area contributed by atoms with Crippen LogP contribution in [0.1, 0.15) is 15.9 Å². The van der Waals surface area contributed by atoms with Gasteiger partial charge >= 0.3 is 5.97 Å². The normalized spacial score (nSPS) is 10.5. The monoisotopic (exact) mass is 355 g/mol. The Balaban J connectivity index is 2.01. The second-order valence-corrected chi connectivity index (χ2v) is 6.20. The quantitative estimate of drug-likeness (QED) is 0.481. The molecule has 25 heavy (non-hydrogen) atoms. The number of carbonyl (C=O) groups is 1. The van der Waals surface area contributed by atoms with Gasteiger partial charge in [-0.25, -0.2) is 9.78 Å². The number of esters is 1. The van der Waals surface area contributed by atoms with Crippen LogP contribution in [0.4, 0.5) is 0 Å². The van der Waals surface area contributed by atoms with Crippen molar-refractivity contribution in [1.29, 1.82) is 0 Å². The number of thioether (sulfide) groups is 1. The Kier molecular flexibility index (Phi) is 5.40. The van der Waals surface area contributed by atoms with E-state index in [1.54, 1.807) is 11.8 Å². The number of nitrogens with zero attached hydrogens (tertiary/aromatic N) is 1. The zero-order valence-electron chi connectivity index (χ0n) is 13.9. The van der Waals surface area contributed by atoms with Gasteiger partial charge in [0, 0.05) is 16.2 Å². The fourth-order valence-corrected chi connectivity index (χ4v) is 3.42. The molecular weight excluding hydrogens is 338 g/mol. The minimum Gasteiger partial charge on any atom is -0.495 e. The molecular formula is C19H17NO4S. The molecule has 0 aliphatic carbocycles. The van der Waals surface area contributed by atoms with Gasteiger partial charge in [-0.2, -0.15) is 0 Å². The van der Waals surface area contributed by atoms with Gasteiger partial charge in [0.15, 0.2) is 6.39 Å². The summed E-state index contributed by atoms with van der Waals surface area (Å²) >= 11 is 1.64. The predicted molar refractivity (Wildman–Crippen MR) is 95.8 cm³/mol. The highest BCUT2D eigenvalue weighted by Gasteiger charge is 2.23. The maximum absolute atomic E-state index is 12.4. The minimum absolute atomic E-state index is 0.411. The molecule has 0 aliphatic heterocycles. The van der Waals surface area contributed by atoms with Crippen LogP contribution in [0.5, 0.6) is 5.75 Å². The SMILES string of the molecule is COC(=O)c1c(CSc2ccccc2)ccc(-c2cocn2)c1OC. The summed E-state index contributed by atoms with van der Waals surface area (Å²) in [6, 6.07) is 13.8. The third-order valence-corrected chi connectivity index (χ3v) is 4.74. The van der Waals surface area contributed by atoms with E-state index in [9.17, 15) is 4.79 Å². The number of rotatable bonds is 6. The van der Waals surface area contributed by atoms with Crippen molar-refractivity contribution in [3.63, 3.8) is 0 Å². The number of hydrogen-bond acceptors (Lipinski definition) is 6. The molecule has 3 aromatic rings. The van der Waals surface area contributed by atoms with Gasteiger partial charge in [0.1, 0.15) is 23.3 Å². The number of methoxy groups -OCH3 is 2. The zero-order chi connectivity index (χ0) is 17.6. The van der Waals surface area contributed by atoms with Crippen molar-refractivity contribution < 1.29 is 18.7 Å². The van der Waals surface area contributed by atoms with Crippen LogP contribution in [0.2, 0.25) is 0 Å². The van der Waals surface area contributed by atoms with E-state index in [0.717, 1.165) is 10.5 Å². The molecule has 0 saturated carbocycles. The van der Waals surface area contributed by atoms with Crippen LogP contribution < -0.4 is 4.74 Å². The Bertz CT molecular complexity index is 847. The average molecular weight is 355 g/mol. The molecule has 0 spiro atoms. The molecule has 3 rings (SSSR count). The van der Waals surface area contributed by atoms with Crippen molar-refractivity contribution in [2.45, 2.75) is 10.6 Å². The number of hydrogen-bond donors (Lipinski definition) is 0. The zero-order valence-corrected chi connectivity index (χ0v) is 14.7. The standard InChI is InChI=1S/C19H17NO4S/c1-22-18-15(16-10-24-12-20-16)9-8-13(17(18)19(21)23-2)11-25-14-6-4-3-5-7-14/h3-10,12H,11H2,1-2H3. The number of benzene rings is 2. The average Bonchev–Trinajstić information content (AvgIpc) is 3.20. The van der Waals surface area contributed by atoms with Crippen LogP contribution in [0.25, 0.3) is 11.3 Å². The van der Waals surface area contributed by atoms with Crippen LogP contribution in [0.15, 0.2) is 64.4 Å². The molecule has 0 atom stereocenters. The van der Waals surface area contributed by atoms with Crippen molar-refractivity contribution >= 4 is 17.7 Å². The lowest BCUT2D eigenvalue weighted by Gasteiger charge is -2.15. The molecule has 2 aromatic carbocycles. The van der Waals surface area contributed by atoms with E-state index in [-0.39, 0.29) is 0 Å². The molecule has 0 fully saturated rings. The molecule has 0 aliphatic rings. The number of aromatic nitrogens is 1. The van der Waals surface area contributed by atoms with Crippen molar-refractivity contribution in [1.82, 2.24) is 4.98 Å². The van der Waals surface area contributed by atoms with Gasteiger partial charge in [0.25, 0.3) is 0 Å². The second-order valence-electron chi connectivity index (χ2n) is 5.15. The summed E-state index contributed by atoms with van der Waals surface area (Å²) in [6.07, 6.45) is 2.85. The summed E-state index contributed by atoms with van der Waals surface area (Å²) in [7, 11) is 2.89. The third kappa shape index (κ3) is 3.69. The van der Waals surface area contributed by atoms with E-state index in [0.29, 0.717) is 28.3 Å². The largest absolute Gasteiger partial charge is 0.495 e. The maximum atomic E-state index is 12.4. The number of carbonyl (C=O) groups excluding carboxylic acids is 1. The van der Waals surface area contributed by atoms with Gasteiger partial charge in [-0.3, -0.25) is 0 Å².